The molecule has 0 N–H and O–H groups in total. The molecule has 4 fully saturated rings. The third-order valence-electron chi connectivity index (χ3n) is 9.13. The van der Waals surface area contributed by atoms with Crippen LogP contribution in [0.1, 0.15) is 63.0 Å². The monoisotopic (exact) mass is 390 g/mol. The van der Waals surface area contributed by atoms with Crippen molar-refractivity contribution >= 4 is 17.2 Å². The predicted octanol–water partition coefficient (Wildman–Crippen LogP) is 5.85. The maximum atomic E-state index is 2.50. The molecule has 0 saturated heterocycles. The summed E-state index contributed by atoms with van der Waals surface area (Å²) in [6.45, 7) is 2.50. The molecule has 6 aliphatic carbocycles. The van der Waals surface area contributed by atoms with Gasteiger partial charge in [0, 0.05) is 0 Å². The molecule has 0 heterocycles. The Kier molecular flexibility index (Phi) is 3.53. The molecule has 0 spiro atoms. The van der Waals surface area contributed by atoms with Gasteiger partial charge in [0.05, 0.1) is 0 Å². The van der Waals surface area contributed by atoms with Crippen LogP contribution in [0.5, 0.6) is 0 Å². The van der Waals surface area contributed by atoms with Crippen molar-refractivity contribution in [3.05, 3.63) is 86.6 Å². The molecular weight excluding hydrogens is 360 g/mol. The van der Waals surface area contributed by atoms with E-state index in [0.29, 0.717) is 5.41 Å². The molecule has 2 aromatic rings. The Morgan fingerprint density at radius 3 is 2.30 bits per heavy atom. The number of benzene rings is 2. The average Bonchev–Trinajstić information content (AvgIpc) is 3.39. The molecule has 0 aromatic heterocycles. The molecule has 0 heteroatoms. The number of rotatable bonds is 2. The Morgan fingerprint density at radius 2 is 1.60 bits per heavy atom. The molecule has 8 rings (SSSR count). The van der Waals surface area contributed by atoms with Gasteiger partial charge in [0.1, 0.15) is 0 Å². The Bertz CT molecular complexity index is 1310. The van der Waals surface area contributed by atoms with Gasteiger partial charge < -0.3 is 0 Å². The lowest BCUT2D eigenvalue weighted by Crippen LogP contribution is -2.47. The van der Waals surface area contributed by atoms with Crippen LogP contribution in [-0.4, -0.2) is 0 Å². The normalized spacial score (nSPS) is 33.2. The molecular formula is C30H30. The van der Waals surface area contributed by atoms with Crippen LogP contribution in [0, 0.1) is 33.6 Å². The molecule has 150 valence electrons. The van der Waals surface area contributed by atoms with Gasteiger partial charge in [0.2, 0.25) is 0 Å². The quantitative estimate of drug-likeness (QED) is 0.515. The van der Waals surface area contributed by atoms with Crippen LogP contribution in [0.15, 0.2) is 54.6 Å². The summed E-state index contributed by atoms with van der Waals surface area (Å²) in [5.74, 6) is 2.98. The summed E-state index contributed by atoms with van der Waals surface area (Å²) in [4.78, 5) is 0. The van der Waals surface area contributed by atoms with Crippen LogP contribution in [0.2, 0.25) is 0 Å². The minimum Gasteiger partial charge on any atom is -0.0801 e. The zero-order valence-corrected chi connectivity index (χ0v) is 18.0. The smallest absolute Gasteiger partial charge is 0.00701 e. The Morgan fingerprint density at radius 1 is 0.867 bits per heavy atom. The predicted molar refractivity (Wildman–Crippen MR) is 125 cm³/mol. The van der Waals surface area contributed by atoms with E-state index in [1.54, 1.807) is 10.8 Å². The fourth-order valence-corrected chi connectivity index (χ4v) is 8.17. The first-order valence-corrected chi connectivity index (χ1v) is 12.0. The van der Waals surface area contributed by atoms with Crippen LogP contribution in [-0.2, 0) is 0 Å². The largest absolute Gasteiger partial charge is 0.0801 e. The Labute approximate surface area is 179 Å². The molecule has 0 amide bonds. The Balaban J connectivity index is 1.53. The molecule has 0 aliphatic heterocycles. The van der Waals surface area contributed by atoms with Crippen molar-refractivity contribution in [2.45, 2.75) is 51.9 Å². The van der Waals surface area contributed by atoms with Gasteiger partial charge in [-0.3, -0.25) is 0 Å². The van der Waals surface area contributed by atoms with E-state index in [1.165, 1.54) is 70.9 Å². The van der Waals surface area contributed by atoms with Crippen molar-refractivity contribution in [3.8, 4) is 0 Å². The topological polar surface area (TPSA) is 0 Å². The van der Waals surface area contributed by atoms with E-state index in [4.69, 9.17) is 0 Å². The number of hydrogen-bond donors (Lipinski definition) is 0. The van der Waals surface area contributed by atoms with Gasteiger partial charge in [-0.2, -0.15) is 0 Å². The zero-order valence-electron chi connectivity index (χ0n) is 18.0. The molecule has 0 radical (unpaired) electrons. The van der Waals surface area contributed by atoms with Gasteiger partial charge in [-0.25, -0.2) is 0 Å². The van der Waals surface area contributed by atoms with E-state index < -0.39 is 0 Å². The van der Waals surface area contributed by atoms with Crippen molar-refractivity contribution in [2.24, 2.45) is 23.2 Å². The molecule has 2 aromatic carbocycles. The van der Waals surface area contributed by atoms with Crippen molar-refractivity contribution in [2.75, 3.05) is 0 Å². The molecule has 4 bridgehead atoms. The maximum Gasteiger partial charge on any atom is -0.00701 e. The average molecular weight is 391 g/mol. The second-order valence-electron chi connectivity index (χ2n) is 10.8. The van der Waals surface area contributed by atoms with Crippen molar-refractivity contribution < 1.29 is 0 Å². The number of hydrogen-bond acceptors (Lipinski definition) is 0. The van der Waals surface area contributed by atoms with E-state index in [2.05, 4.69) is 67.6 Å². The van der Waals surface area contributed by atoms with Crippen molar-refractivity contribution in [1.82, 2.24) is 0 Å². The minimum atomic E-state index is 0.468. The standard InChI is InChI=1S/C30H30/c1-19(30-16-20-12-21(17-30)14-22(13-20)18-30)25-10-11-27-26-9-5-4-8-24(26)15-28(27)29(25)23-6-2-3-7-23/h2-6,8-11,15,20-22H,7,12-14,16-18H2,1H3. The van der Waals surface area contributed by atoms with E-state index >= 15 is 0 Å². The maximum absolute atomic E-state index is 2.50. The Hall–Kier alpha value is -2.34. The first-order chi connectivity index (χ1) is 14.7. The molecule has 0 nitrogen and oxygen atoms in total. The summed E-state index contributed by atoms with van der Waals surface area (Å²) in [5.41, 5.74) is 6.68. The van der Waals surface area contributed by atoms with Gasteiger partial charge in [0.15, 0.2) is 0 Å². The van der Waals surface area contributed by atoms with Crippen LogP contribution < -0.4 is 10.4 Å². The van der Waals surface area contributed by atoms with Crippen molar-refractivity contribution in [3.63, 3.8) is 0 Å². The fourth-order valence-electron chi connectivity index (χ4n) is 8.17. The SMILES string of the molecule is CC(=c1ccc2c(c1C1=CC=CC1)C=c1ccccc1=2)C12CC3CC(CC(C3)C1)C2. The van der Waals surface area contributed by atoms with E-state index in [9.17, 15) is 0 Å². The third kappa shape index (κ3) is 2.34. The van der Waals surface area contributed by atoms with Gasteiger partial charge in [-0.1, -0.05) is 60.2 Å². The highest BCUT2D eigenvalue weighted by molar-refractivity contribution is 5.81. The van der Waals surface area contributed by atoms with Crippen molar-refractivity contribution in [1.29, 1.82) is 0 Å². The second-order valence-corrected chi connectivity index (χ2v) is 10.8. The van der Waals surface area contributed by atoms with Gasteiger partial charge >= 0.3 is 0 Å². The third-order valence-corrected chi connectivity index (χ3v) is 9.13. The van der Waals surface area contributed by atoms with Crippen LogP contribution in [0.3, 0.4) is 0 Å². The molecule has 4 saturated carbocycles. The highest BCUT2D eigenvalue weighted by Crippen LogP contribution is 2.62. The van der Waals surface area contributed by atoms with E-state index in [1.807, 2.05) is 0 Å². The van der Waals surface area contributed by atoms with Gasteiger partial charge in [-0.05, 0) is 119 Å². The van der Waals surface area contributed by atoms with Crippen LogP contribution >= 0.6 is 0 Å². The summed E-state index contributed by atoms with van der Waals surface area (Å²) in [6, 6.07) is 13.8. The number of fused-ring (bicyclic) bond motifs is 2. The lowest BCUT2D eigenvalue weighted by Gasteiger charge is -2.57. The summed E-state index contributed by atoms with van der Waals surface area (Å²) >= 11 is 0. The summed E-state index contributed by atoms with van der Waals surface area (Å²) in [6.07, 6.45) is 19.3. The molecule has 30 heavy (non-hydrogen) atoms. The summed E-state index contributed by atoms with van der Waals surface area (Å²) < 4.78 is 0. The van der Waals surface area contributed by atoms with E-state index in [-0.39, 0.29) is 0 Å². The highest BCUT2D eigenvalue weighted by Gasteiger charge is 2.51. The van der Waals surface area contributed by atoms with Crippen LogP contribution in [0.4, 0.5) is 0 Å². The number of allylic oxidation sites excluding steroid dienone is 4. The first-order valence-electron chi connectivity index (χ1n) is 12.0. The second kappa shape index (κ2) is 6.10. The van der Waals surface area contributed by atoms with E-state index in [0.717, 1.165) is 24.2 Å². The van der Waals surface area contributed by atoms with Gasteiger partial charge in [-0.15, -0.1) is 0 Å². The fraction of sp³-hybridized carbons (Fsp3) is 0.400. The molecule has 0 unspecified atom stereocenters. The molecule has 6 aliphatic rings. The minimum absolute atomic E-state index is 0.468. The van der Waals surface area contributed by atoms with Crippen LogP contribution in [0.25, 0.3) is 17.2 Å². The lowest BCUT2D eigenvalue weighted by atomic mass is 9.47. The summed E-state index contributed by atoms with van der Waals surface area (Å²) in [7, 11) is 0. The zero-order chi connectivity index (χ0) is 19.9. The highest BCUT2D eigenvalue weighted by atomic mass is 14.6. The van der Waals surface area contributed by atoms with Gasteiger partial charge in [0.25, 0.3) is 0 Å². The summed E-state index contributed by atoms with van der Waals surface area (Å²) in [5, 5.41) is 5.76. The first kappa shape index (κ1) is 17.4. The molecule has 0 atom stereocenters. The lowest BCUT2D eigenvalue weighted by molar-refractivity contribution is -0.0189.